The molecule has 0 spiro atoms. The number of nitrogens with one attached hydrogen (secondary N) is 2. The Labute approximate surface area is 191 Å². The minimum Gasteiger partial charge on any atom is -0.480 e. The fourth-order valence-corrected chi connectivity index (χ4v) is 2.88. The summed E-state index contributed by atoms with van der Waals surface area (Å²) < 4.78 is 10.1. The number of alkyl carbamates (subject to hydrolysis) is 2. The zero-order chi connectivity index (χ0) is 24.1. The number of hydrogen-bond acceptors (Lipinski definition) is 6. The van der Waals surface area contributed by atoms with Crippen LogP contribution in [0.3, 0.4) is 0 Å². The molecule has 0 aliphatic rings. The SMILES string of the molecule is NC(=O)C(CCCC(NC(=O)OCc1ccccc1)C(=O)O)NC(=O)OCc1ccccc1. The van der Waals surface area contributed by atoms with Gasteiger partial charge < -0.3 is 30.9 Å². The highest BCUT2D eigenvalue weighted by Crippen LogP contribution is 2.08. The van der Waals surface area contributed by atoms with E-state index in [9.17, 15) is 24.3 Å². The highest BCUT2D eigenvalue weighted by atomic mass is 16.6. The van der Waals surface area contributed by atoms with E-state index in [1.807, 2.05) is 12.1 Å². The van der Waals surface area contributed by atoms with Crippen LogP contribution in [-0.4, -0.2) is 41.3 Å². The number of nitrogens with two attached hydrogens (primary N) is 1. The monoisotopic (exact) mass is 457 g/mol. The van der Waals surface area contributed by atoms with Crippen LogP contribution in [0.15, 0.2) is 60.7 Å². The molecule has 2 unspecified atom stereocenters. The number of aliphatic carboxylic acids is 1. The lowest BCUT2D eigenvalue weighted by Gasteiger charge is -2.18. The van der Waals surface area contributed by atoms with E-state index in [0.29, 0.717) is 0 Å². The topological polar surface area (TPSA) is 157 Å². The second-order valence-corrected chi connectivity index (χ2v) is 7.19. The minimum atomic E-state index is -1.25. The number of benzene rings is 2. The van der Waals surface area contributed by atoms with E-state index in [1.54, 1.807) is 48.5 Å². The molecule has 10 heteroatoms. The summed E-state index contributed by atoms with van der Waals surface area (Å²) in [6.07, 6.45) is -1.44. The molecule has 33 heavy (non-hydrogen) atoms. The molecule has 176 valence electrons. The van der Waals surface area contributed by atoms with Gasteiger partial charge in [0.2, 0.25) is 5.91 Å². The molecule has 0 heterocycles. The molecule has 2 aromatic rings. The van der Waals surface area contributed by atoms with E-state index < -0.39 is 36.1 Å². The summed E-state index contributed by atoms with van der Waals surface area (Å²) >= 11 is 0. The lowest BCUT2D eigenvalue weighted by molar-refractivity contribution is -0.139. The third-order valence-electron chi connectivity index (χ3n) is 4.64. The Hall–Kier alpha value is -4.08. The lowest BCUT2D eigenvalue weighted by atomic mass is 10.1. The van der Waals surface area contributed by atoms with Gasteiger partial charge in [0.15, 0.2) is 0 Å². The third kappa shape index (κ3) is 9.72. The first-order valence-corrected chi connectivity index (χ1v) is 10.3. The fraction of sp³-hybridized carbons (Fsp3) is 0.304. The number of primary amides is 1. The maximum atomic E-state index is 12.0. The van der Waals surface area contributed by atoms with Crippen molar-refractivity contribution in [2.75, 3.05) is 0 Å². The summed E-state index contributed by atoms with van der Waals surface area (Å²) in [4.78, 5) is 47.0. The predicted octanol–water partition coefficient (Wildman–Crippen LogP) is 2.32. The van der Waals surface area contributed by atoms with E-state index in [1.165, 1.54) is 0 Å². The van der Waals surface area contributed by atoms with Gasteiger partial charge in [-0.2, -0.15) is 0 Å². The molecular weight excluding hydrogens is 430 g/mol. The van der Waals surface area contributed by atoms with E-state index in [-0.39, 0.29) is 32.5 Å². The molecule has 0 aliphatic carbocycles. The van der Waals surface area contributed by atoms with Crippen LogP contribution < -0.4 is 16.4 Å². The van der Waals surface area contributed by atoms with Crippen LogP contribution in [0.2, 0.25) is 0 Å². The maximum absolute atomic E-state index is 12.0. The standard InChI is InChI=1S/C23H27N3O7/c24-20(27)18(25-22(30)32-14-16-8-3-1-4-9-16)12-7-13-19(21(28)29)26-23(31)33-15-17-10-5-2-6-11-17/h1-6,8-11,18-19H,7,12-15H2,(H2,24,27)(H,25,30)(H,26,31)(H,28,29). The largest absolute Gasteiger partial charge is 0.480 e. The average Bonchev–Trinajstić information content (AvgIpc) is 2.81. The van der Waals surface area contributed by atoms with Crippen molar-refractivity contribution < 1.29 is 33.8 Å². The highest BCUT2D eigenvalue weighted by Gasteiger charge is 2.23. The van der Waals surface area contributed by atoms with Crippen LogP contribution >= 0.6 is 0 Å². The molecule has 2 aromatic carbocycles. The summed E-state index contributed by atoms with van der Waals surface area (Å²) in [7, 11) is 0. The summed E-state index contributed by atoms with van der Waals surface area (Å²) in [5.41, 5.74) is 6.86. The van der Waals surface area contributed by atoms with Crippen LogP contribution in [0, 0.1) is 0 Å². The van der Waals surface area contributed by atoms with Crippen molar-refractivity contribution in [2.24, 2.45) is 5.73 Å². The second-order valence-electron chi connectivity index (χ2n) is 7.19. The Morgan fingerprint density at radius 1 is 0.758 bits per heavy atom. The molecule has 5 N–H and O–H groups in total. The van der Waals surface area contributed by atoms with Crippen molar-refractivity contribution in [2.45, 2.75) is 44.6 Å². The Kier molecular flexibility index (Phi) is 10.2. The van der Waals surface area contributed by atoms with Gasteiger partial charge in [-0.1, -0.05) is 60.7 Å². The van der Waals surface area contributed by atoms with Crippen LogP contribution in [0.1, 0.15) is 30.4 Å². The molecule has 0 saturated carbocycles. The third-order valence-corrected chi connectivity index (χ3v) is 4.64. The minimum absolute atomic E-state index is 0.000291. The zero-order valence-corrected chi connectivity index (χ0v) is 17.9. The molecule has 10 nitrogen and oxygen atoms in total. The van der Waals surface area contributed by atoms with Crippen molar-refractivity contribution >= 4 is 24.1 Å². The molecule has 0 saturated heterocycles. The molecule has 0 aromatic heterocycles. The number of ether oxygens (including phenoxy) is 2. The fourth-order valence-electron chi connectivity index (χ4n) is 2.88. The summed E-state index contributed by atoms with van der Waals surface area (Å²) in [6.45, 7) is 0.0199. The van der Waals surface area contributed by atoms with Gasteiger partial charge in [0.05, 0.1) is 0 Å². The number of carboxylic acids is 1. The first kappa shape index (κ1) is 25.2. The van der Waals surface area contributed by atoms with Crippen LogP contribution in [0.4, 0.5) is 9.59 Å². The van der Waals surface area contributed by atoms with Gasteiger partial charge in [-0.3, -0.25) is 4.79 Å². The Balaban J connectivity index is 1.76. The predicted molar refractivity (Wildman–Crippen MR) is 118 cm³/mol. The highest BCUT2D eigenvalue weighted by molar-refractivity contribution is 5.84. The number of rotatable bonds is 12. The lowest BCUT2D eigenvalue weighted by Crippen LogP contribution is -2.45. The molecular formula is C23H27N3O7. The number of carboxylic acid groups (broad SMARTS) is 1. The average molecular weight is 457 g/mol. The quantitative estimate of drug-likeness (QED) is 0.381. The Morgan fingerprint density at radius 3 is 1.61 bits per heavy atom. The molecule has 0 bridgehead atoms. The van der Waals surface area contributed by atoms with Gasteiger partial charge in [-0.15, -0.1) is 0 Å². The molecule has 2 rings (SSSR count). The van der Waals surface area contributed by atoms with Crippen LogP contribution in [-0.2, 0) is 32.3 Å². The normalized spacial score (nSPS) is 12.1. The molecule has 3 amide bonds. The molecule has 2 atom stereocenters. The van der Waals surface area contributed by atoms with Gasteiger partial charge in [-0.25, -0.2) is 14.4 Å². The Bertz CT molecular complexity index is 847. The summed E-state index contributed by atoms with van der Waals surface area (Å²) in [5, 5.41) is 14.0. The number of carbonyl (C=O) groups is 4. The van der Waals surface area contributed by atoms with Crippen molar-refractivity contribution in [3.63, 3.8) is 0 Å². The summed E-state index contributed by atoms with van der Waals surface area (Å²) in [6, 6.07) is 15.6. The number of amides is 3. The van der Waals surface area contributed by atoms with Crippen LogP contribution in [0.25, 0.3) is 0 Å². The van der Waals surface area contributed by atoms with Crippen molar-refractivity contribution in [3.05, 3.63) is 71.8 Å². The van der Waals surface area contributed by atoms with Crippen molar-refractivity contribution in [3.8, 4) is 0 Å². The van der Waals surface area contributed by atoms with Crippen LogP contribution in [0.5, 0.6) is 0 Å². The zero-order valence-electron chi connectivity index (χ0n) is 17.9. The van der Waals surface area contributed by atoms with E-state index in [4.69, 9.17) is 15.2 Å². The number of carbonyl (C=O) groups excluding carboxylic acids is 3. The maximum Gasteiger partial charge on any atom is 0.408 e. The summed E-state index contributed by atoms with van der Waals surface area (Å²) in [5.74, 6) is -2.04. The van der Waals surface area contributed by atoms with Gasteiger partial charge >= 0.3 is 18.2 Å². The van der Waals surface area contributed by atoms with Crippen molar-refractivity contribution in [1.29, 1.82) is 0 Å². The first-order chi connectivity index (χ1) is 15.8. The smallest absolute Gasteiger partial charge is 0.408 e. The first-order valence-electron chi connectivity index (χ1n) is 10.3. The van der Waals surface area contributed by atoms with Gasteiger partial charge in [-0.05, 0) is 30.4 Å². The molecule has 0 radical (unpaired) electrons. The Morgan fingerprint density at radius 2 is 1.18 bits per heavy atom. The second kappa shape index (κ2) is 13.4. The van der Waals surface area contributed by atoms with E-state index >= 15 is 0 Å². The van der Waals surface area contributed by atoms with E-state index in [2.05, 4.69) is 10.6 Å². The van der Waals surface area contributed by atoms with Gasteiger partial charge in [0.1, 0.15) is 25.3 Å². The van der Waals surface area contributed by atoms with Gasteiger partial charge in [0.25, 0.3) is 0 Å². The number of hydrogen-bond donors (Lipinski definition) is 4. The van der Waals surface area contributed by atoms with Gasteiger partial charge in [0, 0.05) is 0 Å². The van der Waals surface area contributed by atoms with E-state index in [0.717, 1.165) is 11.1 Å². The molecule has 0 aliphatic heterocycles. The molecule has 0 fully saturated rings. The van der Waals surface area contributed by atoms with Crippen molar-refractivity contribution in [1.82, 2.24) is 10.6 Å².